The summed E-state index contributed by atoms with van der Waals surface area (Å²) in [5.41, 5.74) is 2.86. The van der Waals surface area contributed by atoms with Crippen molar-refractivity contribution in [2.24, 2.45) is 0 Å². The summed E-state index contributed by atoms with van der Waals surface area (Å²) in [6, 6.07) is 9.39. The van der Waals surface area contributed by atoms with E-state index in [0.717, 1.165) is 35.7 Å². The van der Waals surface area contributed by atoms with E-state index in [9.17, 15) is 9.59 Å². The SMILES string of the molecule is COc1cc(C(=O)NC(C)c2ccc[nH]2)ccc1N(C)c1ncc2c(n1)N(C1CC1)CCC(=O)N2C. The van der Waals surface area contributed by atoms with Crippen LogP contribution < -0.4 is 24.8 Å². The maximum absolute atomic E-state index is 12.9. The molecule has 2 aromatic heterocycles. The highest BCUT2D eigenvalue weighted by Gasteiger charge is 2.35. The van der Waals surface area contributed by atoms with Gasteiger partial charge in [-0.2, -0.15) is 4.98 Å². The third-order valence-corrected chi connectivity index (χ3v) is 6.84. The second-order valence-electron chi connectivity index (χ2n) is 9.27. The Morgan fingerprint density at radius 2 is 2.11 bits per heavy atom. The number of anilines is 4. The molecule has 1 fully saturated rings. The van der Waals surface area contributed by atoms with E-state index in [-0.39, 0.29) is 17.9 Å². The molecular weight excluding hydrogens is 458 g/mol. The Hall–Kier alpha value is -4.08. The van der Waals surface area contributed by atoms with Crippen LogP contribution in [0.1, 0.15) is 48.3 Å². The van der Waals surface area contributed by atoms with Gasteiger partial charge in [-0.1, -0.05) is 0 Å². The molecule has 3 aromatic rings. The Morgan fingerprint density at radius 3 is 2.81 bits per heavy atom. The van der Waals surface area contributed by atoms with Crippen LogP contribution in [0.3, 0.4) is 0 Å². The Balaban J connectivity index is 1.42. The minimum absolute atomic E-state index is 0.0604. The van der Waals surface area contributed by atoms with E-state index in [2.05, 4.69) is 20.2 Å². The van der Waals surface area contributed by atoms with E-state index in [1.807, 2.05) is 43.3 Å². The van der Waals surface area contributed by atoms with Crippen LogP contribution in [0.2, 0.25) is 0 Å². The number of aromatic amines is 1. The highest BCUT2D eigenvalue weighted by atomic mass is 16.5. The minimum atomic E-state index is -0.196. The number of H-pyrrole nitrogens is 1. The summed E-state index contributed by atoms with van der Waals surface area (Å²) in [7, 11) is 5.21. The van der Waals surface area contributed by atoms with Gasteiger partial charge >= 0.3 is 0 Å². The summed E-state index contributed by atoms with van der Waals surface area (Å²) < 4.78 is 5.64. The Bertz CT molecular complexity index is 1270. The van der Waals surface area contributed by atoms with Crippen LogP contribution in [0.25, 0.3) is 0 Å². The Labute approximate surface area is 210 Å². The van der Waals surface area contributed by atoms with E-state index in [1.165, 1.54) is 0 Å². The molecule has 0 radical (unpaired) electrons. The first kappa shape index (κ1) is 23.7. The molecule has 1 saturated carbocycles. The fraction of sp³-hybridized carbons (Fsp3) is 0.385. The number of hydrogen-bond donors (Lipinski definition) is 2. The zero-order valence-electron chi connectivity index (χ0n) is 21.0. The summed E-state index contributed by atoms with van der Waals surface area (Å²) in [6.07, 6.45) is 6.20. The molecule has 10 heteroatoms. The van der Waals surface area contributed by atoms with Gasteiger partial charge in [-0.05, 0) is 50.1 Å². The van der Waals surface area contributed by atoms with Gasteiger partial charge in [-0.15, -0.1) is 0 Å². The van der Waals surface area contributed by atoms with Crippen molar-refractivity contribution in [3.63, 3.8) is 0 Å². The van der Waals surface area contributed by atoms with E-state index in [1.54, 1.807) is 37.4 Å². The molecule has 3 heterocycles. The van der Waals surface area contributed by atoms with Crippen LogP contribution in [0.4, 0.5) is 23.1 Å². The van der Waals surface area contributed by atoms with Crippen molar-refractivity contribution in [3.05, 3.63) is 54.0 Å². The van der Waals surface area contributed by atoms with Gasteiger partial charge in [0.25, 0.3) is 5.91 Å². The average molecular weight is 490 g/mol. The number of carbonyl (C=O) groups excluding carboxylic acids is 2. The van der Waals surface area contributed by atoms with Crippen molar-refractivity contribution in [3.8, 4) is 5.75 Å². The molecule has 1 aliphatic heterocycles. The third kappa shape index (κ3) is 4.46. The van der Waals surface area contributed by atoms with E-state index in [0.29, 0.717) is 36.3 Å². The lowest BCUT2D eigenvalue weighted by atomic mass is 10.1. The van der Waals surface area contributed by atoms with Gasteiger partial charge < -0.3 is 29.7 Å². The summed E-state index contributed by atoms with van der Waals surface area (Å²) in [6.45, 7) is 2.57. The van der Waals surface area contributed by atoms with E-state index in [4.69, 9.17) is 9.72 Å². The maximum Gasteiger partial charge on any atom is 0.251 e. The van der Waals surface area contributed by atoms with Gasteiger partial charge in [0.1, 0.15) is 11.4 Å². The topological polar surface area (TPSA) is 107 Å². The number of ether oxygens (including phenoxy) is 1. The molecule has 2 amide bonds. The quantitative estimate of drug-likeness (QED) is 0.524. The molecule has 1 aliphatic carbocycles. The van der Waals surface area contributed by atoms with Crippen LogP contribution in [-0.4, -0.2) is 60.6 Å². The predicted octanol–water partition coefficient (Wildman–Crippen LogP) is 3.41. The van der Waals surface area contributed by atoms with Crippen LogP contribution in [0, 0.1) is 0 Å². The molecule has 2 N–H and O–H groups in total. The number of nitrogens with zero attached hydrogens (tertiary/aromatic N) is 5. The summed E-state index contributed by atoms with van der Waals surface area (Å²) >= 11 is 0. The highest BCUT2D eigenvalue weighted by molar-refractivity contribution is 5.98. The lowest BCUT2D eigenvalue weighted by molar-refractivity contribution is -0.118. The number of fused-ring (bicyclic) bond motifs is 1. The highest BCUT2D eigenvalue weighted by Crippen LogP contribution is 2.40. The summed E-state index contributed by atoms with van der Waals surface area (Å²) in [5, 5.41) is 3.00. The number of aromatic nitrogens is 3. The number of amides is 2. The van der Waals surface area contributed by atoms with Gasteiger partial charge in [-0.3, -0.25) is 9.59 Å². The van der Waals surface area contributed by atoms with E-state index >= 15 is 0 Å². The van der Waals surface area contributed by atoms with Gasteiger partial charge in [-0.25, -0.2) is 4.98 Å². The zero-order chi connectivity index (χ0) is 25.4. The molecule has 36 heavy (non-hydrogen) atoms. The molecule has 2 aliphatic rings. The van der Waals surface area contributed by atoms with Gasteiger partial charge in [0.15, 0.2) is 5.82 Å². The van der Waals surface area contributed by atoms with Crippen LogP contribution in [-0.2, 0) is 4.79 Å². The first-order valence-electron chi connectivity index (χ1n) is 12.1. The molecular formula is C26H31N7O3. The first-order valence-corrected chi connectivity index (χ1v) is 12.1. The van der Waals surface area contributed by atoms with Crippen LogP contribution in [0.15, 0.2) is 42.7 Å². The molecule has 5 rings (SSSR count). The normalized spacial score (nSPS) is 16.3. The molecule has 0 bridgehead atoms. The van der Waals surface area contributed by atoms with Crippen LogP contribution >= 0.6 is 0 Å². The number of methoxy groups -OCH3 is 1. The third-order valence-electron chi connectivity index (χ3n) is 6.84. The van der Waals surface area contributed by atoms with Crippen molar-refractivity contribution in [1.29, 1.82) is 0 Å². The monoisotopic (exact) mass is 489 g/mol. The molecule has 10 nitrogen and oxygen atoms in total. The fourth-order valence-corrected chi connectivity index (χ4v) is 4.51. The summed E-state index contributed by atoms with van der Waals surface area (Å²) in [5.74, 6) is 1.65. The second kappa shape index (κ2) is 9.52. The molecule has 1 atom stereocenters. The van der Waals surface area contributed by atoms with Crippen molar-refractivity contribution >= 4 is 35.0 Å². The maximum atomic E-state index is 12.9. The van der Waals surface area contributed by atoms with Crippen molar-refractivity contribution in [2.75, 3.05) is 42.4 Å². The smallest absolute Gasteiger partial charge is 0.251 e. The van der Waals surface area contributed by atoms with E-state index < -0.39 is 0 Å². The van der Waals surface area contributed by atoms with Crippen molar-refractivity contribution in [1.82, 2.24) is 20.3 Å². The molecule has 0 saturated heterocycles. The molecule has 1 unspecified atom stereocenters. The zero-order valence-corrected chi connectivity index (χ0v) is 21.0. The Kier molecular flexibility index (Phi) is 6.26. The number of benzene rings is 1. The minimum Gasteiger partial charge on any atom is -0.495 e. The second-order valence-corrected chi connectivity index (χ2v) is 9.27. The Morgan fingerprint density at radius 1 is 1.31 bits per heavy atom. The molecule has 1 aromatic carbocycles. The fourth-order valence-electron chi connectivity index (χ4n) is 4.51. The predicted molar refractivity (Wildman–Crippen MR) is 138 cm³/mol. The number of nitrogens with one attached hydrogen (secondary N) is 2. The lowest BCUT2D eigenvalue weighted by Gasteiger charge is -2.26. The van der Waals surface area contributed by atoms with Gasteiger partial charge in [0, 0.05) is 50.6 Å². The van der Waals surface area contributed by atoms with Crippen molar-refractivity contribution in [2.45, 2.75) is 38.3 Å². The largest absolute Gasteiger partial charge is 0.495 e. The number of carbonyl (C=O) groups is 2. The molecule has 0 spiro atoms. The molecule has 188 valence electrons. The average Bonchev–Trinajstić information content (AvgIpc) is 3.60. The standard InChI is InChI=1S/C26H31N7O3/c1-16(19-6-5-12-27-19)29-25(35)17-7-10-20(22(14-17)36-4)32(3)26-28-15-21-24(30-26)33(18-8-9-18)13-11-23(34)31(21)2/h5-7,10,12,14-16,18,27H,8-9,11,13H2,1-4H3,(H,29,35). The van der Waals surface area contributed by atoms with Crippen LogP contribution in [0.5, 0.6) is 5.75 Å². The van der Waals surface area contributed by atoms with Gasteiger partial charge in [0.2, 0.25) is 11.9 Å². The number of hydrogen-bond acceptors (Lipinski definition) is 7. The van der Waals surface area contributed by atoms with Crippen molar-refractivity contribution < 1.29 is 14.3 Å². The lowest BCUT2D eigenvalue weighted by Crippen LogP contribution is -2.28. The summed E-state index contributed by atoms with van der Waals surface area (Å²) in [4.78, 5) is 43.6. The van der Waals surface area contributed by atoms with Gasteiger partial charge in [0.05, 0.1) is 25.0 Å². The first-order chi connectivity index (χ1) is 17.4. The number of rotatable bonds is 7.